The van der Waals surface area contributed by atoms with Gasteiger partial charge in [0.05, 0.1) is 12.0 Å². The quantitative estimate of drug-likeness (QED) is 0.873. The smallest absolute Gasteiger partial charge is 0.229 e. The highest BCUT2D eigenvalue weighted by Crippen LogP contribution is 2.12. The van der Waals surface area contributed by atoms with E-state index < -0.39 is 0 Å². The first kappa shape index (κ1) is 12.6. The molecule has 1 aromatic carbocycles. The summed E-state index contributed by atoms with van der Waals surface area (Å²) in [7, 11) is 0. The van der Waals surface area contributed by atoms with Gasteiger partial charge in [0.25, 0.3) is 0 Å². The lowest BCUT2D eigenvalue weighted by molar-refractivity contribution is -0.115. The second kappa shape index (κ2) is 5.65. The fourth-order valence-corrected chi connectivity index (χ4v) is 1.57. The normalized spacial score (nSPS) is 9.63. The molecule has 0 aliphatic carbocycles. The molecule has 0 saturated heterocycles. The van der Waals surface area contributed by atoms with Crippen molar-refractivity contribution < 1.29 is 9.90 Å². The number of carbonyl (C=O) groups excluding carboxylic acids is 1. The van der Waals surface area contributed by atoms with Gasteiger partial charge in [0.2, 0.25) is 5.91 Å². The van der Waals surface area contributed by atoms with Crippen LogP contribution < -0.4 is 5.32 Å². The minimum absolute atomic E-state index is 0.153. The molecular formula is C14H11N3O2. The van der Waals surface area contributed by atoms with E-state index in [2.05, 4.69) is 10.3 Å². The van der Waals surface area contributed by atoms with Gasteiger partial charge < -0.3 is 10.4 Å². The molecule has 0 spiro atoms. The van der Waals surface area contributed by atoms with E-state index in [-0.39, 0.29) is 23.9 Å². The van der Waals surface area contributed by atoms with E-state index in [1.807, 2.05) is 6.07 Å². The van der Waals surface area contributed by atoms with Crippen LogP contribution in [0.5, 0.6) is 5.75 Å². The zero-order chi connectivity index (χ0) is 13.7. The number of carbonyl (C=O) groups is 1. The number of aromatic nitrogens is 1. The van der Waals surface area contributed by atoms with Gasteiger partial charge in [-0.1, -0.05) is 12.1 Å². The van der Waals surface area contributed by atoms with E-state index in [9.17, 15) is 4.79 Å². The number of nitrogens with zero attached hydrogens (tertiary/aromatic N) is 2. The number of hydrogen-bond acceptors (Lipinski definition) is 4. The molecule has 94 valence electrons. The highest BCUT2D eigenvalue weighted by atomic mass is 16.3. The number of rotatable bonds is 3. The van der Waals surface area contributed by atoms with Gasteiger partial charge in [0, 0.05) is 6.20 Å². The summed E-state index contributed by atoms with van der Waals surface area (Å²) in [5.74, 6) is 0.148. The van der Waals surface area contributed by atoms with Crippen LogP contribution in [-0.4, -0.2) is 16.0 Å². The molecule has 1 heterocycles. The molecule has 0 saturated carbocycles. The Morgan fingerprint density at radius 2 is 2.05 bits per heavy atom. The van der Waals surface area contributed by atoms with Crippen LogP contribution in [0.1, 0.15) is 11.1 Å². The van der Waals surface area contributed by atoms with E-state index in [0.717, 1.165) is 5.56 Å². The highest BCUT2D eigenvalue weighted by Gasteiger charge is 2.08. The van der Waals surface area contributed by atoms with Crippen LogP contribution in [0.4, 0.5) is 5.82 Å². The van der Waals surface area contributed by atoms with Crippen molar-refractivity contribution in [3.63, 3.8) is 0 Å². The van der Waals surface area contributed by atoms with Crippen LogP contribution in [0.2, 0.25) is 0 Å². The molecular weight excluding hydrogens is 242 g/mol. The first-order valence-corrected chi connectivity index (χ1v) is 5.62. The third kappa shape index (κ3) is 3.30. The average molecular weight is 253 g/mol. The summed E-state index contributed by atoms with van der Waals surface area (Å²) in [6, 6.07) is 11.5. The van der Waals surface area contributed by atoms with Crippen molar-refractivity contribution in [2.75, 3.05) is 5.32 Å². The number of phenolic OH excluding ortho intramolecular Hbond substituents is 1. The van der Waals surface area contributed by atoms with E-state index in [4.69, 9.17) is 10.4 Å². The standard InChI is InChI=1S/C14H11N3O2/c15-9-11-2-1-7-16-14(11)17-13(19)8-10-3-5-12(18)6-4-10/h1-7,18H,8H2,(H,16,17,19). The Morgan fingerprint density at radius 3 is 2.74 bits per heavy atom. The van der Waals surface area contributed by atoms with E-state index in [0.29, 0.717) is 5.56 Å². The van der Waals surface area contributed by atoms with Crippen molar-refractivity contribution in [1.82, 2.24) is 4.98 Å². The third-order valence-electron chi connectivity index (χ3n) is 2.49. The summed E-state index contributed by atoms with van der Waals surface area (Å²) in [5.41, 5.74) is 1.09. The van der Waals surface area contributed by atoms with Crippen molar-refractivity contribution in [2.24, 2.45) is 0 Å². The summed E-state index contributed by atoms with van der Waals surface area (Å²) in [5, 5.41) is 20.6. The third-order valence-corrected chi connectivity index (χ3v) is 2.49. The molecule has 0 aliphatic heterocycles. The zero-order valence-electron chi connectivity index (χ0n) is 10.00. The molecule has 19 heavy (non-hydrogen) atoms. The fourth-order valence-electron chi connectivity index (χ4n) is 1.57. The number of nitrogens with one attached hydrogen (secondary N) is 1. The number of phenols is 1. The Morgan fingerprint density at radius 1 is 1.32 bits per heavy atom. The summed E-state index contributed by atoms with van der Waals surface area (Å²) in [6.07, 6.45) is 1.67. The second-order valence-corrected chi connectivity index (χ2v) is 3.90. The number of amides is 1. The minimum atomic E-state index is -0.263. The number of pyridine rings is 1. The molecule has 0 aliphatic rings. The molecule has 0 radical (unpaired) electrons. The molecule has 1 aromatic heterocycles. The maximum absolute atomic E-state index is 11.8. The Kier molecular flexibility index (Phi) is 3.74. The molecule has 2 N–H and O–H groups in total. The zero-order valence-corrected chi connectivity index (χ0v) is 10.00. The molecule has 0 fully saturated rings. The van der Waals surface area contributed by atoms with Crippen molar-refractivity contribution in [1.29, 1.82) is 5.26 Å². The number of nitriles is 1. The van der Waals surface area contributed by atoms with Gasteiger partial charge in [-0.3, -0.25) is 4.79 Å². The van der Waals surface area contributed by atoms with Crippen LogP contribution in [-0.2, 0) is 11.2 Å². The monoisotopic (exact) mass is 253 g/mol. The number of hydrogen-bond donors (Lipinski definition) is 2. The summed E-state index contributed by atoms with van der Waals surface area (Å²) in [4.78, 5) is 15.8. The van der Waals surface area contributed by atoms with Crippen molar-refractivity contribution in [3.8, 4) is 11.8 Å². The average Bonchev–Trinajstić information content (AvgIpc) is 2.42. The van der Waals surface area contributed by atoms with Crippen molar-refractivity contribution >= 4 is 11.7 Å². The van der Waals surface area contributed by atoms with Crippen LogP contribution >= 0.6 is 0 Å². The predicted octanol–water partition coefficient (Wildman–Crippen LogP) is 1.84. The largest absolute Gasteiger partial charge is 0.508 e. The van der Waals surface area contributed by atoms with Crippen molar-refractivity contribution in [3.05, 3.63) is 53.7 Å². The van der Waals surface area contributed by atoms with E-state index >= 15 is 0 Å². The second-order valence-electron chi connectivity index (χ2n) is 3.90. The van der Waals surface area contributed by atoms with Crippen LogP contribution in [0.3, 0.4) is 0 Å². The first-order valence-electron chi connectivity index (χ1n) is 5.62. The molecule has 2 aromatic rings. The van der Waals surface area contributed by atoms with Gasteiger partial charge in [0.1, 0.15) is 17.6 Å². The lowest BCUT2D eigenvalue weighted by Gasteiger charge is -2.05. The topological polar surface area (TPSA) is 86.0 Å². The summed E-state index contributed by atoms with van der Waals surface area (Å²) < 4.78 is 0. The molecule has 0 unspecified atom stereocenters. The van der Waals surface area contributed by atoms with Crippen molar-refractivity contribution in [2.45, 2.75) is 6.42 Å². The number of aromatic hydroxyl groups is 1. The van der Waals surface area contributed by atoms with Gasteiger partial charge >= 0.3 is 0 Å². The molecule has 2 rings (SSSR count). The van der Waals surface area contributed by atoms with Crippen LogP contribution in [0.25, 0.3) is 0 Å². The molecule has 5 heteroatoms. The highest BCUT2D eigenvalue weighted by molar-refractivity contribution is 5.92. The predicted molar refractivity (Wildman–Crippen MR) is 69.4 cm³/mol. The van der Waals surface area contributed by atoms with Crippen LogP contribution in [0.15, 0.2) is 42.6 Å². The Bertz CT molecular complexity index is 630. The van der Waals surface area contributed by atoms with Crippen LogP contribution in [0, 0.1) is 11.3 Å². The first-order chi connectivity index (χ1) is 9.19. The SMILES string of the molecule is N#Cc1cccnc1NC(=O)Cc1ccc(O)cc1. The maximum atomic E-state index is 11.8. The minimum Gasteiger partial charge on any atom is -0.508 e. The molecule has 5 nitrogen and oxygen atoms in total. The Hall–Kier alpha value is -2.87. The van der Waals surface area contributed by atoms with Gasteiger partial charge in [-0.15, -0.1) is 0 Å². The molecule has 0 bridgehead atoms. The van der Waals surface area contributed by atoms with Gasteiger partial charge in [-0.25, -0.2) is 4.98 Å². The molecule has 0 atom stereocenters. The maximum Gasteiger partial charge on any atom is 0.229 e. The van der Waals surface area contributed by atoms with E-state index in [1.54, 1.807) is 24.3 Å². The summed E-state index contributed by atoms with van der Waals surface area (Å²) in [6.45, 7) is 0. The lowest BCUT2D eigenvalue weighted by atomic mass is 10.1. The van der Waals surface area contributed by atoms with E-state index in [1.165, 1.54) is 18.3 Å². The fraction of sp³-hybridized carbons (Fsp3) is 0.0714. The summed E-state index contributed by atoms with van der Waals surface area (Å²) >= 11 is 0. The lowest BCUT2D eigenvalue weighted by Crippen LogP contribution is -2.16. The number of benzene rings is 1. The Labute approximate surface area is 110 Å². The van der Waals surface area contributed by atoms with Gasteiger partial charge in [-0.05, 0) is 29.8 Å². The molecule has 1 amide bonds. The van der Waals surface area contributed by atoms with Gasteiger partial charge in [0.15, 0.2) is 0 Å². The van der Waals surface area contributed by atoms with Gasteiger partial charge in [-0.2, -0.15) is 5.26 Å². The number of anilines is 1. The Balaban J connectivity index is 2.06.